The van der Waals surface area contributed by atoms with Gasteiger partial charge in [-0.25, -0.2) is 4.79 Å². The van der Waals surface area contributed by atoms with Crippen LogP contribution in [0.3, 0.4) is 0 Å². The number of carbonyl (C=O) groups excluding carboxylic acids is 1. The number of nitro groups is 1. The largest absolute Gasteiger partial charge is 0.410 e. The molecule has 0 atom stereocenters. The molecule has 0 unspecified atom stereocenters. The van der Waals surface area contributed by atoms with Crippen LogP contribution in [0.5, 0.6) is 5.75 Å². The summed E-state index contributed by atoms with van der Waals surface area (Å²) in [6, 6.07) is 3.57. The number of nitrogens with zero attached hydrogens (tertiary/aromatic N) is 1. The first-order valence-electron chi connectivity index (χ1n) is 3.42. The minimum Gasteiger partial charge on any atom is -0.410 e. The van der Waals surface area contributed by atoms with Crippen molar-refractivity contribution in [3.63, 3.8) is 0 Å². The molecule has 6 nitrogen and oxygen atoms in total. The zero-order chi connectivity index (χ0) is 10.7. The van der Waals surface area contributed by atoms with E-state index in [1.165, 1.54) is 12.1 Å². The van der Waals surface area contributed by atoms with Crippen LogP contribution in [-0.4, -0.2) is 11.0 Å². The van der Waals surface area contributed by atoms with Crippen LogP contribution < -0.4 is 10.5 Å². The Morgan fingerprint density at radius 3 is 2.71 bits per heavy atom. The minimum absolute atomic E-state index is 0.0198. The number of rotatable bonds is 2. The van der Waals surface area contributed by atoms with Crippen LogP contribution in [0.4, 0.5) is 10.5 Å². The lowest BCUT2D eigenvalue weighted by molar-refractivity contribution is -0.384. The summed E-state index contributed by atoms with van der Waals surface area (Å²) < 4.78 is 4.44. The number of benzene rings is 1. The van der Waals surface area contributed by atoms with Crippen molar-refractivity contribution in [1.29, 1.82) is 0 Å². The van der Waals surface area contributed by atoms with Crippen molar-refractivity contribution in [2.75, 3.05) is 0 Å². The molecule has 0 saturated heterocycles. The molecule has 0 radical (unpaired) electrons. The molecule has 1 rings (SSSR count). The molecule has 0 aromatic heterocycles. The molecule has 0 bridgehead atoms. The summed E-state index contributed by atoms with van der Waals surface area (Å²) in [6.07, 6.45) is -1.04. The van der Waals surface area contributed by atoms with Crippen LogP contribution in [0, 0.1) is 10.1 Å². The summed E-state index contributed by atoms with van der Waals surface area (Å²) in [5.41, 5.74) is 4.38. The lowest BCUT2D eigenvalue weighted by atomic mass is 10.3. The van der Waals surface area contributed by atoms with E-state index >= 15 is 0 Å². The molecule has 0 heterocycles. The number of nitrogens with two attached hydrogens (primary N) is 1. The Kier molecular flexibility index (Phi) is 2.88. The molecule has 1 amide bonds. The first-order valence-corrected chi connectivity index (χ1v) is 3.79. The van der Waals surface area contributed by atoms with E-state index in [-0.39, 0.29) is 16.5 Å². The van der Waals surface area contributed by atoms with E-state index in [0.717, 1.165) is 6.07 Å². The van der Waals surface area contributed by atoms with E-state index in [9.17, 15) is 14.9 Å². The number of nitro benzene ring substituents is 1. The fraction of sp³-hybridized carbons (Fsp3) is 0. The van der Waals surface area contributed by atoms with E-state index in [1.54, 1.807) is 0 Å². The van der Waals surface area contributed by atoms with Gasteiger partial charge in [0.1, 0.15) is 10.8 Å². The first kappa shape index (κ1) is 10.3. The van der Waals surface area contributed by atoms with E-state index in [0.29, 0.717) is 0 Å². The van der Waals surface area contributed by atoms with Crippen LogP contribution in [0.25, 0.3) is 0 Å². The van der Waals surface area contributed by atoms with E-state index in [2.05, 4.69) is 4.74 Å². The fourth-order valence-corrected chi connectivity index (χ4v) is 0.999. The summed E-state index contributed by atoms with van der Waals surface area (Å²) in [5, 5.41) is 10.4. The second kappa shape index (κ2) is 3.93. The van der Waals surface area contributed by atoms with Crippen LogP contribution in [0.15, 0.2) is 18.2 Å². The minimum atomic E-state index is -1.04. The highest BCUT2D eigenvalue weighted by Gasteiger charge is 2.13. The summed E-state index contributed by atoms with van der Waals surface area (Å²) in [6.45, 7) is 0. The van der Waals surface area contributed by atoms with Gasteiger partial charge in [0.15, 0.2) is 0 Å². The van der Waals surface area contributed by atoms with Gasteiger partial charge in [0.25, 0.3) is 5.69 Å². The van der Waals surface area contributed by atoms with Crippen molar-refractivity contribution < 1.29 is 14.5 Å². The molecule has 2 N–H and O–H groups in total. The zero-order valence-electron chi connectivity index (χ0n) is 6.77. The number of halogens is 1. The van der Waals surface area contributed by atoms with Gasteiger partial charge in [0.2, 0.25) is 0 Å². The van der Waals surface area contributed by atoms with Gasteiger partial charge < -0.3 is 10.5 Å². The van der Waals surface area contributed by atoms with Crippen LogP contribution in [0.1, 0.15) is 0 Å². The Morgan fingerprint density at radius 1 is 1.57 bits per heavy atom. The Bertz CT molecular complexity index is 393. The molecule has 0 saturated carbocycles. The predicted octanol–water partition coefficient (Wildman–Crippen LogP) is 1.71. The number of hydrogen-bond acceptors (Lipinski definition) is 4. The predicted molar refractivity (Wildman–Crippen MR) is 48.3 cm³/mol. The molecular weight excluding hydrogens is 212 g/mol. The Morgan fingerprint density at radius 2 is 2.21 bits per heavy atom. The highest BCUT2D eigenvalue weighted by molar-refractivity contribution is 6.32. The molecule has 7 heteroatoms. The lowest BCUT2D eigenvalue weighted by Crippen LogP contribution is -2.16. The average molecular weight is 217 g/mol. The van der Waals surface area contributed by atoms with Gasteiger partial charge in [-0.05, 0) is 12.1 Å². The van der Waals surface area contributed by atoms with Crippen molar-refractivity contribution >= 4 is 23.4 Å². The van der Waals surface area contributed by atoms with Crippen molar-refractivity contribution in [3.05, 3.63) is 33.3 Å². The van der Waals surface area contributed by atoms with Crippen LogP contribution in [0.2, 0.25) is 5.02 Å². The summed E-state index contributed by atoms with van der Waals surface area (Å²) in [4.78, 5) is 20.1. The highest BCUT2D eigenvalue weighted by atomic mass is 35.5. The van der Waals surface area contributed by atoms with Crippen molar-refractivity contribution in [1.82, 2.24) is 0 Å². The molecule has 0 spiro atoms. The number of hydrogen-bond donors (Lipinski definition) is 1. The molecule has 0 aliphatic rings. The second-order valence-corrected chi connectivity index (χ2v) is 2.70. The average Bonchev–Trinajstić information content (AvgIpc) is 2.07. The molecule has 1 aromatic rings. The topological polar surface area (TPSA) is 95.5 Å². The maximum Gasteiger partial charge on any atom is 0.409 e. The summed E-state index contributed by atoms with van der Waals surface area (Å²) >= 11 is 5.51. The normalized spacial score (nSPS) is 9.50. The Hall–Kier alpha value is -1.82. The molecule has 14 heavy (non-hydrogen) atoms. The quantitative estimate of drug-likeness (QED) is 0.601. The number of carbonyl (C=O) groups is 1. The Labute approximate surface area is 83.4 Å². The van der Waals surface area contributed by atoms with Gasteiger partial charge in [-0.1, -0.05) is 11.6 Å². The number of amides is 1. The van der Waals surface area contributed by atoms with Gasteiger partial charge in [0.05, 0.1) is 11.0 Å². The van der Waals surface area contributed by atoms with Crippen molar-refractivity contribution in [3.8, 4) is 5.75 Å². The maximum atomic E-state index is 10.4. The second-order valence-electron chi connectivity index (χ2n) is 2.29. The van der Waals surface area contributed by atoms with Gasteiger partial charge in [-0.2, -0.15) is 0 Å². The standard InChI is InChI=1S/C7H5ClN2O4/c8-5-2-1-4(14-7(9)11)3-6(5)10(12)13/h1-3H,(H2,9,11). The number of ether oxygens (including phenoxy) is 1. The van der Waals surface area contributed by atoms with Crippen molar-refractivity contribution in [2.45, 2.75) is 0 Å². The third kappa shape index (κ3) is 2.33. The zero-order valence-corrected chi connectivity index (χ0v) is 7.52. The highest BCUT2D eigenvalue weighted by Crippen LogP contribution is 2.28. The fourth-order valence-electron chi connectivity index (χ4n) is 0.812. The third-order valence-corrected chi connectivity index (χ3v) is 1.65. The third-order valence-electron chi connectivity index (χ3n) is 1.33. The molecular formula is C7H5ClN2O4. The Balaban J connectivity index is 3.06. The van der Waals surface area contributed by atoms with Gasteiger partial charge in [0, 0.05) is 0 Å². The molecule has 0 aliphatic heterocycles. The van der Waals surface area contributed by atoms with Gasteiger partial charge in [-0.15, -0.1) is 0 Å². The van der Waals surface area contributed by atoms with E-state index in [4.69, 9.17) is 17.3 Å². The molecule has 0 fully saturated rings. The maximum absolute atomic E-state index is 10.4. The van der Waals surface area contributed by atoms with Crippen molar-refractivity contribution in [2.24, 2.45) is 5.73 Å². The van der Waals surface area contributed by atoms with Gasteiger partial charge >= 0.3 is 6.09 Å². The molecule has 1 aromatic carbocycles. The van der Waals surface area contributed by atoms with E-state index in [1.807, 2.05) is 0 Å². The summed E-state index contributed by atoms with van der Waals surface area (Å²) in [5.74, 6) is -0.0198. The van der Waals surface area contributed by atoms with E-state index < -0.39 is 11.0 Å². The smallest absolute Gasteiger partial charge is 0.409 e. The summed E-state index contributed by atoms with van der Waals surface area (Å²) in [7, 11) is 0. The SMILES string of the molecule is NC(=O)Oc1ccc(Cl)c([N+](=O)[O-])c1. The lowest BCUT2D eigenvalue weighted by Gasteiger charge is -2.00. The first-order chi connectivity index (χ1) is 6.50. The van der Waals surface area contributed by atoms with Gasteiger partial charge in [-0.3, -0.25) is 10.1 Å². The number of primary amides is 1. The van der Waals surface area contributed by atoms with Crippen LogP contribution >= 0.6 is 11.6 Å². The molecule has 0 aliphatic carbocycles. The monoisotopic (exact) mass is 216 g/mol. The molecule has 74 valence electrons. The van der Waals surface area contributed by atoms with Crippen LogP contribution in [-0.2, 0) is 0 Å².